The minimum absolute atomic E-state index is 0.709. The normalized spacial score (nSPS) is 11.9. The van der Waals surface area contributed by atoms with Crippen LogP contribution in [0.3, 0.4) is 0 Å². The highest BCUT2D eigenvalue weighted by atomic mass is 32.1. The lowest BCUT2D eigenvalue weighted by Gasteiger charge is -2.15. The molecule has 12 aromatic rings. The molecule has 0 unspecified atom stereocenters. The molecule has 0 amide bonds. The van der Waals surface area contributed by atoms with Gasteiger partial charge >= 0.3 is 0 Å². The summed E-state index contributed by atoms with van der Waals surface area (Å²) in [5.41, 5.74) is 13.5. The summed E-state index contributed by atoms with van der Waals surface area (Å²) in [6.07, 6.45) is 0. The molecule has 12 rings (SSSR count). The van der Waals surface area contributed by atoms with Crippen LogP contribution in [0.2, 0.25) is 0 Å². The molecular weight excluding hydrogens is 727 g/mol. The van der Waals surface area contributed by atoms with Gasteiger partial charge in [0.2, 0.25) is 0 Å². The molecule has 0 N–H and O–H groups in total. The van der Waals surface area contributed by atoms with E-state index < -0.39 is 0 Å². The summed E-state index contributed by atoms with van der Waals surface area (Å²) in [5.74, 6) is 0.709. The molecule has 0 saturated carbocycles. The third-order valence-corrected chi connectivity index (χ3v) is 12.7. The van der Waals surface area contributed by atoms with Crippen molar-refractivity contribution < 1.29 is 4.42 Å². The number of hydrogen-bond donors (Lipinski definition) is 0. The number of benzene rings is 8. The number of fused-ring (bicyclic) bond motifs is 10. The molecule has 0 aliphatic carbocycles. The molecule has 4 nitrogen and oxygen atoms in total. The van der Waals surface area contributed by atoms with Crippen molar-refractivity contribution in [2.45, 2.75) is 6.92 Å². The van der Waals surface area contributed by atoms with Crippen LogP contribution in [0.1, 0.15) is 5.56 Å². The lowest BCUT2D eigenvalue weighted by Crippen LogP contribution is -2.00. The molecule has 0 bridgehead atoms. The van der Waals surface area contributed by atoms with E-state index in [9.17, 15) is 0 Å². The van der Waals surface area contributed by atoms with Crippen LogP contribution >= 0.6 is 11.3 Å². The van der Waals surface area contributed by atoms with E-state index >= 15 is 0 Å². The Bertz CT molecular complexity index is 3560. The number of aromatic nitrogens is 3. The highest BCUT2D eigenvalue weighted by Crippen LogP contribution is 2.43. The Morgan fingerprint density at radius 2 is 1.12 bits per heavy atom. The summed E-state index contributed by atoms with van der Waals surface area (Å²) < 4.78 is 11.4. The molecule has 0 atom stereocenters. The number of para-hydroxylation sites is 2. The predicted octanol–water partition coefficient (Wildman–Crippen LogP) is 14.8. The first-order chi connectivity index (χ1) is 28.7. The number of furan rings is 1. The van der Waals surface area contributed by atoms with E-state index in [1.807, 2.05) is 29.5 Å². The third-order valence-electron chi connectivity index (χ3n) is 11.6. The Kier molecular flexibility index (Phi) is 7.28. The van der Waals surface area contributed by atoms with Gasteiger partial charge < -0.3 is 8.98 Å². The fourth-order valence-corrected chi connectivity index (χ4v) is 10.1. The minimum Gasteiger partial charge on any atom is -0.454 e. The van der Waals surface area contributed by atoms with Gasteiger partial charge in [0.05, 0.1) is 22.4 Å². The maximum atomic E-state index is 6.61. The quantitative estimate of drug-likeness (QED) is 0.175. The lowest BCUT2D eigenvalue weighted by molar-refractivity contribution is 0.671. The highest BCUT2D eigenvalue weighted by molar-refractivity contribution is 7.26. The van der Waals surface area contributed by atoms with Gasteiger partial charge in [-0.15, -0.1) is 11.3 Å². The fourth-order valence-electron chi connectivity index (χ4n) is 8.89. The van der Waals surface area contributed by atoms with Crippen LogP contribution in [0.25, 0.3) is 115 Å². The lowest BCUT2D eigenvalue weighted by atomic mass is 9.98. The number of rotatable bonds is 5. The zero-order valence-corrected chi connectivity index (χ0v) is 32.3. The van der Waals surface area contributed by atoms with Crippen molar-refractivity contribution in [1.82, 2.24) is 14.5 Å². The zero-order valence-electron chi connectivity index (χ0n) is 31.5. The first-order valence-electron chi connectivity index (χ1n) is 19.6. The Balaban J connectivity index is 1.02. The summed E-state index contributed by atoms with van der Waals surface area (Å²) in [6.45, 7) is 2.14. The Morgan fingerprint density at radius 1 is 0.483 bits per heavy atom. The molecule has 0 spiro atoms. The van der Waals surface area contributed by atoms with Gasteiger partial charge in [-0.2, -0.15) is 0 Å². The molecular formula is C53H33N3OS. The summed E-state index contributed by atoms with van der Waals surface area (Å²) in [4.78, 5) is 10.6. The third kappa shape index (κ3) is 5.00. The molecule has 0 radical (unpaired) electrons. The summed E-state index contributed by atoms with van der Waals surface area (Å²) in [7, 11) is 0. The van der Waals surface area contributed by atoms with Crippen LogP contribution in [-0.4, -0.2) is 14.5 Å². The summed E-state index contributed by atoms with van der Waals surface area (Å²) in [5, 5.41) is 7.15. The molecule has 4 aromatic heterocycles. The maximum Gasteiger partial charge on any atom is 0.160 e. The number of thiophene rings is 1. The van der Waals surface area contributed by atoms with E-state index in [2.05, 4.69) is 175 Å². The summed E-state index contributed by atoms with van der Waals surface area (Å²) >= 11 is 1.82. The molecule has 8 aromatic carbocycles. The molecule has 272 valence electrons. The van der Waals surface area contributed by atoms with Crippen LogP contribution in [-0.2, 0) is 0 Å². The largest absolute Gasteiger partial charge is 0.454 e. The second-order valence-corrected chi connectivity index (χ2v) is 16.0. The first-order valence-corrected chi connectivity index (χ1v) is 20.4. The predicted molar refractivity (Wildman–Crippen MR) is 243 cm³/mol. The van der Waals surface area contributed by atoms with Crippen LogP contribution in [0.4, 0.5) is 0 Å². The average molecular weight is 760 g/mol. The van der Waals surface area contributed by atoms with Crippen molar-refractivity contribution in [2.75, 3.05) is 0 Å². The van der Waals surface area contributed by atoms with Gasteiger partial charge in [-0.25, -0.2) is 9.97 Å². The Labute approximate surface area is 337 Å². The second-order valence-electron chi connectivity index (χ2n) is 14.9. The van der Waals surface area contributed by atoms with Crippen LogP contribution in [0, 0.1) is 6.92 Å². The van der Waals surface area contributed by atoms with Crippen molar-refractivity contribution in [3.8, 4) is 50.7 Å². The van der Waals surface area contributed by atoms with E-state index in [1.54, 1.807) is 0 Å². The van der Waals surface area contributed by atoms with Gasteiger partial charge in [-0.1, -0.05) is 140 Å². The first kappa shape index (κ1) is 32.9. The van der Waals surface area contributed by atoms with Crippen molar-refractivity contribution in [2.24, 2.45) is 0 Å². The molecule has 5 heteroatoms. The van der Waals surface area contributed by atoms with E-state index in [0.29, 0.717) is 5.82 Å². The number of hydrogen-bond acceptors (Lipinski definition) is 4. The van der Waals surface area contributed by atoms with Gasteiger partial charge in [0.15, 0.2) is 11.4 Å². The standard InChI is InChI=1S/C53H33N3OS/c1-32-49(34-15-6-3-7-16-34)54-53(36-25-28-43-47(31-36)58-46-22-12-19-38(48(43)46)33-13-4-2-5-14-33)55-50(32)35-23-26-37(27-24-35)56-44-20-10-8-17-39(44)41-29-30-42-40-18-9-11-21-45(40)57-52(42)51(41)56/h2-31H,1H3. The van der Waals surface area contributed by atoms with Crippen LogP contribution in [0.15, 0.2) is 186 Å². The van der Waals surface area contributed by atoms with E-state index in [-0.39, 0.29) is 0 Å². The molecule has 0 aliphatic heterocycles. The minimum atomic E-state index is 0.709. The monoisotopic (exact) mass is 759 g/mol. The molecule has 0 fully saturated rings. The highest BCUT2D eigenvalue weighted by Gasteiger charge is 2.21. The molecule has 58 heavy (non-hydrogen) atoms. The van der Waals surface area contributed by atoms with E-state index in [4.69, 9.17) is 14.4 Å². The van der Waals surface area contributed by atoms with Crippen molar-refractivity contribution in [1.29, 1.82) is 0 Å². The van der Waals surface area contributed by atoms with Crippen molar-refractivity contribution >= 4 is 75.3 Å². The van der Waals surface area contributed by atoms with Gasteiger partial charge in [-0.3, -0.25) is 0 Å². The smallest absolute Gasteiger partial charge is 0.160 e. The zero-order chi connectivity index (χ0) is 38.3. The topological polar surface area (TPSA) is 43.9 Å². The molecule has 0 saturated heterocycles. The van der Waals surface area contributed by atoms with Gasteiger partial charge in [-0.05, 0) is 60.5 Å². The molecule has 4 heterocycles. The number of nitrogens with zero attached hydrogens (tertiary/aromatic N) is 3. The fraction of sp³-hybridized carbons (Fsp3) is 0.0189. The van der Waals surface area contributed by atoms with E-state index in [0.717, 1.165) is 72.3 Å². The van der Waals surface area contributed by atoms with E-state index in [1.165, 1.54) is 42.1 Å². The SMILES string of the molecule is Cc1c(-c2ccccc2)nc(-c2ccc3c(c2)sc2cccc(-c4ccccc4)c23)nc1-c1ccc(-n2c3ccccc3c3ccc4c5ccccc5oc4c32)cc1. The van der Waals surface area contributed by atoms with Gasteiger partial charge in [0, 0.05) is 69.7 Å². The summed E-state index contributed by atoms with van der Waals surface area (Å²) in [6, 6.07) is 64.6. The Morgan fingerprint density at radius 3 is 1.91 bits per heavy atom. The van der Waals surface area contributed by atoms with Gasteiger partial charge in [0.1, 0.15) is 5.58 Å². The van der Waals surface area contributed by atoms with Crippen molar-refractivity contribution in [3.05, 3.63) is 188 Å². The average Bonchev–Trinajstić information content (AvgIpc) is 3.97. The Hall–Kier alpha value is -7.34. The van der Waals surface area contributed by atoms with Gasteiger partial charge in [0.25, 0.3) is 0 Å². The second kappa shape index (κ2) is 12.8. The van der Waals surface area contributed by atoms with Crippen LogP contribution < -0.4 is 0 Å². The van der Waals surface area contributed by atoms with Crippen LogP contribution in [0.5, 0.6) is 0 Å². The van der Waals surface area contributed by atoms with Crippen molar-refractivity contribution in [3.63, 3.8) is 0 Å². The molecule has 0 aliphatic rings. The maximum absolute atomic E-state index is 6.61.